The van der Waals surface area contributed by atoms with Crippen LogP contribution < -0.4 is 5.32 Å². The van der Waals surface area contributed by atoms with Gasteiger partial charge in [-0.1, -0.05) is 140 Å². The molecule has 1 aliphatic heterocycles. The van der Waals surface area contributed by atoms with Crippen LogP contribution in [0.3, 0.4) is 0 Å². The van der Waals surface area contributed by atoms with Gasteiger partial charge in [-0.3, -0.25) is 0 Å². The number of aromatic nitrogens is 1. The molecule has 7 aromatic carbocycles. The molecule has 1 aromatic heterocycles. The van der Waals surface area contributed by atoms with Gasteiger partial charge in [0.15, 0.2) is 0 Å². The van der Waals surface area contributed by atoms with Crippen LogP contribution in [0.1, 0.15) is 24.5 Å². The smallest absolute Gasteiger partial charge is 0.0541 e. The lowest BCUT2D eigenvalue weighted by atomic mass is 9.83. The molecule has 0 saturated carbocycles. The summed E-state index contributed by atoms with van der Waals surface area (Å²) < 4.78 is 2.44. The maximum atomic E-state index is 3.90. The van der Waals surface area contributed by atoms with Crippen molar-refractivity contribution in [3.63, 3.8) is 0 Å². The highest BCUT2D eigenvalue weighted by Gasteiger charge is 2.24. The molecule has 232 valence electrons. The van der Waals surface area contributed by atoms with Crippen LogP contribution in [0.5, 0.6) is 0 Å². The molecule has 2 aliphatic rings. The van der Waals surface area contributed by atoms with Crippen molar-refractivity contribution >= 4 is 55.1 Å². The number of nitrogens with one attached hydrogen (secondary N) is 1. The van der Waals surface area contributed by atoms with Gasteiger partial charge in [-0.2, -0.15) is 0 Å². The zero-order valence-corrected chi connectivity index (χ0v) is 27.3. The van der Waals surface area contributed by atoms with Crippen LogP contribution in [0.2, 0.25) is 0 Å². The summed E-state index contributed by atoms with van der Waals surface area (Å²) in [5.74, 6) is 0.406. The van der Waals surface area contributed by atoms with Crippen LogP contribution in [-0.4, -0.2) is 4.57 Å². The summed E-state index contributed by atoms with van der Waals surface area (Å²) in [6.45, 7) is 2.34. The Morgan fingerprint density at radius 1 is 0.551 bits per heavy atom. The topological polar surface area (TPSA) is 17.0 Å². The van der Waals surface area contributed by atoms with Crippen molar-refractivity contribution in [3.05, 3.63) is 175 Å². The van der Waals surface area contributed by atoms with Crippen molar-refractivity contribution in [1.82, 2.24) is 4.57 Å². The molecule has 0 amide bonds. The van der Waals surface area contributed by atoms with Crippen LogP contribution in [0, 0.1) is 5.92 Å². The minimum atomic E-state index is 0.406. The molecule has 2 nitrogen and oxygen atoms in total. The van der Waals surface area contributed by atoms with Gasteiger partial charge in [-0.05, 0) is 75.9 Å². The van der Waals surface area contributed by atoms with Gasteiger partial charge in [0.1, 0.15) is 0 Å². The number of anilines is 2. The maximum Gasteiger partial charge on any atom is 0.0541 e. The second-order valence-electron chi connectivity index (χ2n) is 13.5. The summed E-state index contributed by atoms with van der Waals surface area (Å²) in [7, 11) is 0. The van der Waals surface area contributed by atoms with Gasteiger partial charge in [0.25, 0.3) is 0 Å². The lowest BCUT2D eigenvalue weighted by molar-refractivity contribution is 0.752. The number of hydrogen-bond donors (Lipinski definition) is 1. The summed E-state index contributed by atoms with van der Waals surface area (Å²) in [6, 6.07) is 55.4. The van der Waals surface area contributed by atoms with Crippen molar-refractivity contribution in [2.75, 3.05) is 5.32 Å². The predicted octanol–water partition coefficient (Wildman–Crippen LogP) is 12.8. The van der Waals surface area contributed by atoms with E-state index in [9.17, 15) is 0 Å². The summed E-state index contributed by atoms with van der Waals surface area (Å²) in [5.41, 5.74) is 16.2. The van der Waals surface area contributed by atoms with Crippen LogP contribution >= 0.6 is 0 Å². The van der Waals surface area contributed by atoms with Crippen LogP contribution in [0.15, 0.2) is 164 Å². The van der Waals surface area contributed by atoms with E-state index in [1.807, 2.05) is 0 Å². The number of nitrogens with zero attached hydrogens (tertiary/aromatic N) is 1. The number of para-hydroxylation sites is 3. The third kappa shape index (κ3) is 4.41. The van der Waals surface area contributed by atoms with Crippen molar-refractivity contribution in [1.29, 1.82) is 0 Å². The van der Waals surface area contributed by atoms with Crippen molar-refractivity contribution < 1.29 is 0 Å². The molecule has 1 N–H and O–H groups in total. The van der Waals surface area contributed by atoms with Gasteiger partial charge in [0.05, 0.1) is 22.4 Å². The molecule has 8 aromatic rings. The Bertz CT molecular complexity index is 2680. The average molecular weight is 627 g/mol. The first kappa shape index (κ1) is 27.9. The van der Waals surface area contributed by atoms with E-state index in [-0.39, 0.29) is 0 Å². The molecule has 0 fully saturated rings. The van der Waals surface area contributed by atoms with Gasteiger partial charge in [0, 0.05) is 38.5 Å². The highest BCUT2D eigenvalue weighted by molar-refractivity contribution is 6.12. The highest BCUT2D eigenvalue weighted by atomic mass is 15.0. The highest BCUT2D eigenvalue weighted by Crippen LogP contribution is 2.48. The zero-order valence-electron chi connectivity index (χ0n) is 27.3. The first-order valence-corrected chi connectivity index (χ1v) is 17.2. The Labute approximate surface area is 286 Å². The average Bonchev–Trinajstić information content (AvgIpc) is 3.40. The standard InChI is InChI=1S/C47H34N2/c1-30-26-33(28-34(27-30)36-19-11-20-41-38-16-5-4-15-37(38)39-17-6-8-21-43(39)48-47(36)41)32-24-25-46-42(29-32)40-18-7-9-22-45(40)49(46)44-23-10-13-31-12-2-3-14-35(31)44/h2-26,28-30,48H,27H2,1H3/t30-/m1/s1. The van der Waals surface area contributed by atoms with Crippen molar-refractivity contribution in [2.24, 2.45) is 5.92 Å². The fraction of sp³-hybridized carbons (Fsp3) is 0.0638. The van der Waals surface area contributed by atoms with Crippen molar-refractivity contribution in [2.45, 2.75) is 13.3 Å². The number of hydrogen-bond acceptors (Lipinski definition) is 1. The summed E-state index contributed by atoms with van der Waals surface area (Å²) in [5, 5.41) is 8.96. The monoisotopic (exact) mass is 626 g/mol. The Morgan fingerprint density at radius 3 is 2.10 bits per heavy atom. The number of benzene rings is 7. The molecule has 0 unspecified atom stereocenters. The van der Waals surface area contributed by atoms with E-state index in [4.69, 9.17) is 0 Å². The minimum absolute atomic E-state index is 0.406. The van der Waals surface area contributed by atoms with Crippen LogP contribution in [0.25, 0.3) is 71.7 Å². The third-order valence-corrected chi connectivity index (χ3v) is 10.5. The Hall–Kier alpha value is -6.12. The molecular formula is C47H34N2. The Balaban J connectivity index is 1.13. The Kier molecular flexibility index (Phi) is 6.25. The predicted molar refractivity (Wildman–Crippen MR) is 209 cm³/mol. The van der Waals surface area contributed by atoms with Gasteiger partial charge in [-0.15, -0.1) is 0 Å². The summed E-state index contributed by atoms with van der Waals surface area (Å²) in [6.07, 6.45) is 5.88. The van der Waals surface area contributed by atoms with E-state index < -0.39 is 0 Å². The molecule has 49 heavy (non-hydrogen) atoms. The summed E-state index contributed by atoms with van der Waals surface area (Å²) in [4.78, 5) is 0. The molecule has 2 heterocycles. The van der Waals surface area contributed by atoms with E-state index in [1.165, 1.54) is 88.5 Å². The first-order valence-electron chi connectivity index (χ1n) is 17.2. The maximum absolute atomic E-state index is 3.90. The quantitative estimate of drug-likeness (QED) is 0.206. The SMILES string of the molecule is C[C@@H]1C=C(c2ccc3c(c2)c2ccccc2n3-c2cccc3ccccc23)C=C(c2cccc3c2Nc2ccccc2-c2ccccc2-3)C1. The second kappa shape index (κ2) is 11.0. The molecular weight excluding hydrogens is 593 g/mol. The molecule has 10 rings (SSSR count). The number of allylic oxidation sites excluding steroid dienone is 4. The molecule has 2 heteroatoms. The van der Waals surface area contributed by atoms with Crippen LogP contribution in [0.4, 0.5) is 11.4 Å². The molecule has 0 bridgehead atoms. The van der Waals surface area contributed by atoms with Gasteiger partial charge in [0.2, 0.25) is 0 Å². The van der Waals surface area contributed by atoms with Crippen molar-refractivity contribution in [3.8, 4) is 27.9 Å². The van der Waals surface area contributed by atoms with E-state index in [2.05, 4.69) is 181 Å². The van der Waals surface area contributed by atoms with Gasteiger partial charge >= 0.3 is 0 Å². The van der Waals surface area contributed by atoms with Gasteiger partial charge < -0.3 is 9.88 Å². The second-order valence-corrected chi connectivity index (χ2v) is 13.5. The number of fused-ring (bicyclic) bond motifs is 9. The van der Waals surface area contributed by atoms with Gasteiger partial charge in [-0.25, -0.2) is 0 Å². The molecule has 0 radical (unpaired) electrons. The number of rotatable bonds is 3. The summed E-state index contributed by atoms with van der Waals surface area (Å²) >= 11 is 0. The lowest BCUT2D eigenvalue weighted by Crippen LogP contribution is -2.04. The molecule has 0 spiro atoms. The van der Waals surface area contributed by atoms with Crippen LogP contribution in [-0.2, 0) is 0 Å². The zero-order chi connectivity index (χ0) is 32.5. The van der Waals surface area contributed by atoms with E-state index in [0.717, 1.165) is 12.1 Å². The fourth-order valence-electron chi connectivity index (χ4n) is 8.28. The normalized spacial score (nSPS) is 15.2. The first-order chi connectivity index (χ1) is 24.2. The van der Waals surface area contributed by atoms with E-state index in [1.54, 1.807) is 0 Å². The largest absolute Gasteiger partial charge is 0.354 e. The molecule has 0 saturated heterocycles. The molecule has 1 aliphatic carbocycles. The minimum Gasteiger partial charge on any atom is -0.354 e. The third-order valence-electron chi connectivity index (χ3n) is 10.5. The Morgan fingerprint density at radius 2 is 1.20 bits per heavy atom. The fourth-order valence-corrected chi connectivity index (χ4v) is 8.28. The molecule has 1 atom stereocenters. The lowest BCUT2D eigenvalue weighted by Gasteiger charge is -2.23. The van der Waals surface area contributed by atoms with E-state index >= 15 is 0 Å². The van der Waals surface area contributed by atoms with E-state index in [0.29, 0.717) is 5.92 Å².